The summed E-state index contributed by atoms with van der Waals surface area (Å²) in [5.74, 6) is 4.17. The number of carbonyl (C=O) groups excluding carboxylic acids is 3. The Morgan fingerprint density at radius 2 is 1.73 bits per heavy atom. The fourth-order valence-corrected chi connectivity index (χ4v) is 11.7. The standard InChI is InChI=1S/C22H32O3.C18H20O2/c1-4-20(24)25-19-8-7-17-16-6-5-14-13-15(23)9-11-21(14,2)18(16)10-12-22(17,19)3;1-18-9-8-14-13-5-3-12(19)10-11(13)2-4-15(14)16(18)6-7-17(18)20/h13,16-19H,4-12H2,1-3H3;3-5,10,14,16,19H,2,6-9H2,1H3. The Labute approximate surface area is 269 Å². The van der Waals surface area contributed by atoms with Gasteiger partial charge < -0.3 is 9.84 Å². The van der Waals surface area contributed by atoms with Crippen molar-refractivity contribution in [2.24, 2.45) is 39.9 Å². The molecule has 7 aliphatic carbocycles. The molecule has 9 unspecified atom stereocenters. The van der Waals surface area contributed by atoms with Crippen molar-refractivity contribution in [2.75, 3.05) is 0 Å². The average Bonchev–Trinajstić information content (AvgIpc) is 3.52. The topological polar surface area (TPSA) is 80.7 Å². The number of ether oxygens (including phenoxy) is 1. The summed E-state index contributed by atoms with van der Waals surface area (Å²) in [6, 6.07) is 5.79. The number of fused-ring (bicyclic) bond motifs is 10. The fourth-order valence-electron chi connectivity index (χ4n) is 11.7. The maximum absolute atomic E-state index is 12.2. The lowest BCUT2D eigenvalue weighted by Gasteiger charge is -2.57. The van der Waals surface area contributed by atoms with E-state index in [1.54, 1.807) is 6.07 Å². The molecule has 45 heavy (non-hydrogen) atoms. The number of phenols is 1. The third kappa shape index (κ3) is 4.89. The van der Waals surface area contributed by atoms with Crippen LogP contribution in [0.4, 0.5) is 0 Å². The van der Waals surface area contributed by atoms with Gasteiger partial charge in [-0.05, 0) is 129 Å². The normalized spacial score (nSPS) is 41.1. The van der Waals surface area contributed by atoms with Gasteiger partial charge in [0.15, 0.2) is 5.78 Å². The van der Waals surface area contributed by atoms with Crippen LogP contribution in [-0.2, 0) is 25.5 Å². The van der Waals surface area contributed by atoms with E-state index in [1.165, 1.54) is 41.5 Å². The van der Waals surface area contributed by atoms with Crippen LogP contribution in [0.3, 0.4) is 0 Å². The van der Waals surface area contributed by atoms with Gasteiger partial charge in [0.2, 0.25) is 0 Å². The van der Waals surface area contributed by atoms with Gasteiger partial charge >= 0.3 is 5.97 Å². The van der Waals surface area contributed by atoms with Crippen molar-refractivity contribution in [3.63, 3.8) is 0 Å². The molecular formula is C40H52O5. The Kier molecular flexibility index (Phi) is 7.72. The predicted molar refractivity (Wildman–Crippen MR) is 175 cm³/mol. The molecule has 0 aliphatic heterocycles. The molecule has 5 saturated carbocycles. The van der Waals surface area contributed by atoms with Crippen LogP contribution in [0.15, 0.2) is 41.5 Å². The van der Waals surface area contributed by atoms with E-state index in [4.69, 9.17) is 4.74 Å². The second-order valence-corrected chi connectivity index (χ2v) is 16.2. The summed E-state index contributed by atoms with van der Waals surface area (Å²) < 4.78 is 5.86. The van der Waals surface area contributed by atoms with Crippen LogP contribution in [-0.4, -0.2) is 28.7 Å². The van der Waals surface area contributed by atoms with Crippen molar-refractivity contribution >= 4 is 17.5 Å². The van der Waals surface area contributed by atoms with Gasteiger partial charge in [-0.25, -0.2) is 0 Å². The molecular weight excluding hydrogens is 560 g/mol. The Balaban J connectivity index is 0.000000148. The number of hydrogen-bond acceptors (Lipinski definition) is 5. The zero-order valence-electron chi connectivity index (χ0n) is 27.8. The lowest BCUT2D eigenvalue weighted by atomic mass is 9.47. The maximum atomic E-state index is 12.2. The van der Waals surface area contributed by atoms with E-state index in [0.717, 1.165) is 70.1 Å². The summed E-state index contributed by atoms with van der Waals surface area (Å²) in [4.78, 5) is 36.0. The molecule has 0 amide bonds. The Morgan fingerprint density at radius 3 is 2.53 bits per heavy atom. The molecule has 5 fully saturated rings. The minimum atomic E-state index is -0.100. The van der Waals surface area contributed by atoms with Gasteiger partial charge in [-0.1, -0.05) is 51.0 Å². The summed E-state index contributed by atoms with van der Waals surface area (Å²) >= 11 is 0. The number of rotatable bonds is 2. The van der Waals surface area contributed by atoms with Crippen molar-refractivity contribution in [3.8, 4) is 5.75 Å². The molecule has 0 aromatic heterocycles. The lowest BCUT2D eigenvalue weighted by molar-refractivity contribution is -0.159. The van der Waals surface area contributed by atoms with E-state index < -0.39 is 0 Å². The van der Waals surface area contributed by atoms with Gasteiger partial charge in [0.1, 0.15) is 17.6 Å². The van der Waals surface area contributed by atoms with E-state index in [1.807, 2.05) is 19.1 Å². The van der Waals surface area contributed by atoms with Gasteiger partial charge in [0, 0.05) is 36.0 Å². The van der Waals surface area contributed by atoms with Crippen LogP contribution in [0, 0.1) is 39.9 Å². The second kappa shape index (κ2) is 11.2. The Bertz CT molecular complexity index is 1470. The molecule has 242 valence electrons. The molecule has 1 aromatic rings. The number of aromatic hydroxyl groups is 1. The first-order valence-electron chi connectivity index (χ1n) is 18.0. The van der Waals surface area contributed by atoms with Gasteiger partial charge in [0.05, 0.1) is 0 Å². The molecule has 5 heteroatoms. The molecule has 9 atom stereocenters. The third-order valence-electron chi connectivity index (χ3n) is 14.3. The number of benzene rings is 1. The van der Waals surface area contributed by atoms with E-state index in [-0.39, 0.29) is 28.3 Å². The van der Waals surface area contributed by atoms with Crippen molar-refractivity contribution in [1.29, 1.82) is 0 Å². The summed E-state index contributed by atoms with van der Waals surface area (Å²) in [6.45, 7) is 8.87. The van der Waals surface area contributed by atoms with E-state index >= 15 is 0 Å². The summed E-state index contributed by atoms with van der Waals surface area (Å²) in [6.07, 6.45) is 18.4. The third-order valence-corrected chi connectivity index (χ3v) is 14.3. The van der Waals surface area contributed by atoms with Crippen LogP contribution in [0.25, 0.3) is 0 Å². The van der Waals surface area contributed by atoms with Crippen LogP contribution in [0.5, 0.6) is 5.75 Å². The highest BCUT2D eigenvalue weighted by atomic mass is 16.5. The van der Waals surface area contributed by atoms with Gasteiger partial charge in [-0.15, -0.1) is 0 Å². The highest BCUT2D eigenvalue weighted by Crippen LogP contribution is 2.65. The number of ketones is 2. The highest BCUT2D eigenvalue weighted by Gasteiger charge is 2.60. The van der Waals surface area contributed by atoms with E-state index in [0.29, 0.717) is 47.4 Å². The molecule has 8 rings (SSSR count). The zero-order valence-corrected chi connectivity index (χ0v) is 27.8. The minimum absolute atomic E-state index is 0.0411. The number of allylic oxidation sites excluding steroid dienone is 3. The molecule has 1 N–H and O–H groups in total. The average molecular weight is 613 g/mol. The van der Waals surface area contributed by atoms with E-state index in [2.05, 4.69) is 32.9 Å². The monoisotopic (exact) mass is 612 g/mol. The summed E-state index contributed by atoms with van der Waals surface area (Å²) in [7, 11) is 0. The number of Topliss-reactive ketones (excluding diaryl/α,β-unsaturated/α-hetero) is 1. The first-order valence-corrected chi connectivity index (χ1v) is 18.0. The second-order valence-electron chi connectivity index (χ2n) is 16.2. The van der Waals surface area contributed by atoms with Crippen molar-refractivity contribution in [3.05, 3.63) is 52.6 Å². The predicted octanol–water partition coefficient (Wildman–Crippen LogP) is 8.58. The number of phenolic OH excluding ortho intramolecular Hbond substituents is 1. The van der Waals surface area contributed by atoms with E-state index in [9.17, 15) is 19.5 Å². The fraction of sp³-hybridized carbons (Fsp3) is 0.675. The molecule has 0 spiro atoms. The van der Waals surface area contributed by atoms with Crippen LogP contribution < -0.4 is 0 Å². The summed E-state index contributed by atoms with van der Waals surface area (Å²) in [5, 5.41) is 9.64. The molecule has 1 aromatic carbocycles. The highest BCUT2D eigenvalue weighted by molar-refractivity contribution is 5.91. The van der Waals surface area contributed by atoms with Crippen molar-refractivity contribution in [1.82, 2.24) is 0 Å². The summed E-state index contributed by atoms with van der Waals surface area (Å²) in [5.41, 5.74) is 5.86. The number of hydrogen-bond donors (Lipinski definition) is 1. The number of esters is 1. The van der Waals surface area contributed by atoms with Crippen LogP contribution in [0.1, 0.15) is 128 Å². The SMILES string of the molecule is CC12CCC3C(=CCc4cc(O)ccc43)C1CCC2=O.CCC(=O)OC1CCC2C3CCC4=CC(=O)CCC4(C)C3CCC12C. The molecule has 0 heterocycles. The largest absolute Gasteiger partial charge is 0.508 e. The minimum Gasteiger partial charge on any atom is -0.508 e. The maximum Gasteiger partial charge on any atom is 0.305 e. The van der Waals surface area contributed by atoms with Crippen molar-refractivity contribution in [2.45, 2.75) is 130 Å². The Morgan fingerprint density at radius 1 is 0.911 bits per heavy atom. The molecule has 0 radical (unpaired) electrons. The van der Waals surface area contributed by atoms with Crippen LogP contribution >= 0.6 is 0 Å². The van der Waals surface area contributed by atoms with Gasteiger partial charge in [0.25, 0.3) is 0 Å². The lowest BCUT2D eigenvalue weighted by Crippen LogP contribution is -2.51. The molecule has 0 saturated heterocycles. The first-order chi connectivity index (χ1) is 21.5. The Hall–Kier alpha value is -2.69. The number of carbonyl (C=O) groups is 3. The quantitative estimate of drug-likeness (QED) is 0.267. The van der Waals surface area contributed by atoms with Gasteiger partial charge in [-0.3, -0.25) is 14.4 Å². The van der Waals surface area contributed by atoms with Gasteiger partial charge in [-0.2, -0.15) is 0 Å². The first kappa shape index (κ1) is 30.9. The molecule has 0 bridgehead atoms. The molecule has 7 aliphatic rings. The van der Waals surface area contributed by atoms with Crippen LogP contribution in [0.2, 0.25) is 0 Å². The smallest absolute Gasteiger partial charge is 0.305 e. The zero-order chi connectivity index (χ0) is 31.7. The molecule has 5 nitrogen and oxygen atoms in total. The van der Waals surface area contributed by atoms with Crippen molar-refractivity contribution < 1.29 is 24.2 Å².